The van der Waals surface area contributed by atoms with Crippen molar-refractivity contribution in [3.8, 4) is 5.75 Å². The maximum atomic E-state index is 10.7. The molecule has 0 saturated heterocycles. The molecule has 0 amide bonds. The highest BCUT2D eigenvalue weighted by Gasteiger charge is 2.14. The summed E-state index contributed by atoms with van der Waals surface area (Å²) in [6.45, 7) is 0. The van der Waals surface area contributed by atoms with Crippen LogP contribution in [0.2, 0.25) is 0 Å². The number of aromatic hydroxyl groups is 1. The molecule has 0 bridgehead atoms. The Kier molecular flexibility index (Phi) is 3.86. The van der Waals surface area contributed by atoms with Gasteiger partial charge in [-0.3, -0.25) is 9.88 Å². The van der Waals surface area contributed by atoms with Crippen LogP contribution in [0.15, 0.2) is 24.3 Å². The molecule has 4 nitrogen and oxygen atoms in total. The van der Waals surface area contributed by atoms with E-state index in [9.17, 15) is 4.79 Å². The van der Waals surface area contributed by atoms with Crippen molar-refractivity contribution in [3.05, 3.63) is 29.8 Å². The number of phenols is 1. The van der Waals surface area contributed by atoms with Gasteiger partial charge in [0.2, 0.25) is 0 Å². The predicted octanol–water partition coefficient (Wildman–Crippen LogP) is 0.768. The Morgan fingerprint density at radius 2 is 2.00 bits per heavy atom. The van der Waals surface area contributed by atoms with Gasteiger partial charge >= 0.3 is 5.97 Å². The summed E-state index contributed by atoms with van der Waals surface area (Å²) in [7, 11) is 2.19. The fourth-order valence-electron chi connectivity index (χ4n) is 1.09. The molecule has 0 heterocycles. The number of phenolic OH excluding ortho intramolecular Hbond substituents is 1. The Balaban J connectivity index is 2.67. The minimum Gasteiger partial charge on any atom is -0.508 e. The Morgan fingerprint density at radius 1 is 1.43 bits per heavy atom. The number of hydrogen-bond acceptors (Lipinski definition) is 3. The highest BCUT2D eigenvalue weighted by molar-refractivity contribution is 7.13. The second-order valence-corrected chi connectivity index (χ2v) is 3.26. The molecule has 76 valence electrons. The number of nitrogens with one attached hydrogen (secondary N) is 1. The second kappa shape index (κ2) is 4.94. The average Bonchev–Trinajstić information content (AvgIpc) is 2.16. The molecule has 2 unspecified atom stereocenters. The molecule has 2 atom stereocenters. The molecule has 1 rings (SSSR count). The fraction of sp³-hybridized carbons (Fsp3) is 0.222. The normalized spacial score (nSPS) is 12.4. The highest BCUT2D eigenvalue weighted by atomic mass is 31.0. The number of hydrogen-bond donors (Lipinski definition) is 3. The van der Waals surface area contributed by atoms with Crippen LogP contribution in [0.5, 0.6) is 5.75 Å². The summed E-state index contributed by atoms with van der Waals surface area (Å²) < 4.78 is 0. The Bertz CT molecular complexity index is 312. The summed E-state index contributed by atoms with van der Waals surface area (Å²) in [6.07, 6.45) is 0.388. The zero-order valence-corrected chi connectivity index (χ0v) is 8.63. The summed E-state index contributed by atoms with van der Waals surface area (Å²) >= 11 is 0. The lowest BCUT2D eigenvalue weighted by Crippen LogP contribution is -2.32. The number of aliphatic carboxylic acids is 1. The third-order valence-corrected chi connectivity index (χ3v) is 2.28. The van der Waals surface area contributed by atoms with Gasteiger partial charge in [-0.15, -0.1) is 0 Å². The molecule has 0 fully saturated rings. The second-order valence-electron chi connectivity index (χ2n) is 2.93. The van der Waals surface area contributed by atoms with Crippen LogP contribution in [0, 0.1) is 0 Å². The smallest absolute Gasteiger partial charge is 0.321 e. The molecule has 0 saturated carbocycles. The van der Waals surface area contributed by atoms with E-state index in [2.05, 4.69) is 14.5 Å². The summed E-state index contributed by atoms with van der Waals surface area (Å²) in [5, 5.41) is 20.4. The van der Waals surface area contributed by atoms with Crippen molar-refractivity contribution in [2.75, 3.05) is 0 Å². The van der Waals surface area contributed by atoms with Gasteiger partial charge in [0.25, 0.3) is 0 Å². The zero-order chi connectivity index (χ0) is 10.6. The quantitative estimate of drug-likeness (QED) is 0.646. The van der Waals surface area contributed by atoms with E-state index in [4.69, 9.17) is 10.2 Å². The standard InChI is InChI=1S/C9H12NO3P/c11-7-3-1-6(2-4-7)5-8(10-14)9(12)13/h1-4,8,10-11H,5,14H2,(H,12,13). The lowest BCUT2D eigenvalue weighted by Gasteiger charge is -2.10. The molecule has 0 radical (unpaired) electrons. The molecule has 14 heavy (non-hydrogen) atoms. The lowest BCUT2D eigenvalue weighted by molar-refractivity contribution is -0.138. The number of carboxylic acid groups (broad SMARTS) is 1. The highest BCUT2D eigenvalue weighted by Crippen LogP contribution is 2.11. The van der Waals surface area contributed by atoms with Gasteiger partial charge in [-0.2, -0.15) is 0 Å². The van der Waals surface area contributed by atoms with Crippen molar-refractivity contribution in [1.82, 2.24) is 5.09 Å². The Morgan fingerprint density at radius 3 is 2.43 bits per heavy atom. The van der Waals surface area contributed by atoms with E-state index in [0.29, 0.717) is 6.42 Å². The number of benzene rings is 1. The van der Waals surface area contributed by atoms with Crippen LogP contribution in [0.25, 0.3) is 0 Å². The zero-order valence-electron chi connectivity index (χ0n) is 7.47. The van der Waals surface area contributed by atoms with Gasteiger partial charge in [-0.05, 0) is 24.1 Å². The molecule has 0 aliphatic heterocycles. The van der Waals surface area contributed by atoms with E-state index in [-0.39, 0.29) is 5.75 Å². The van der Waals surface area contributed by atoms with Crippen LogP contribution in [0.4, 0.5) is 0 Å². The first kappa shape index (κ1) is 11.0. The van der Waals surface area contributed by atoms with Gasteiger partial charge in [0.1, 0.15) is 11.8 Å². The third kappa shape index (κ3) is 2.98. The van der Waals surface area contributed by atoms with Gasteiger partial charge < -0.3 is 10.2 Å². The lowest BCUT2D eigenvalue weighted by atomic mass is 10.1. The van der Waals surface area contributed by atoms with E-state index in [1.807, 2.05) is 0 Å². The van der Waals surface area contributed by atoms with Crippen molar-refractivity contribution >= 4 is 15.4 Å². The molecule has 0 aliphatic carbocycles. The first-order chi connectivity index (χ1) is 6.63. The number of carboxylic acids is 1. The average molecular weight is 213 g/mol. The van der Waals surface area contributed by atoms with Crippen LogP contribution < -0.4 is 5.09 Å². The minimum atomic E-state index is -0.895. The maximum Gasteiger partial charge on any atom is 0.321 e. The van der Waals surface area contributed by atoms with Gasteiger partial charge in [-0.1, -0.05) is 21.5 Å². The molecule has 0 aromatic heterocycles. The fourth-order valence-corrected chi connectivity index (χ4v) is 1.35. The molecule has 3 N–H and O–H groups in total. The van der Waals surface area contributed by atoms with Crippen molar-refractivity contribution < 1.29 is 15.0 Å². The monoisotopic (exact) mass is 213 g/mol. The van der Waals surface area contributed by atoms with Gasteiger partial charge in [-0.25, -0.2) is 0 Å². The molecular weight excluding hydrogens is 201 g/mol. The van der Waals surface area contributed by atoms with E-state index in [0.717, 1.165) is 5.56 Å². The summed E-state index contributed by atoms with van der Waals surface area (Å²) in [5.41, 5.74) is 0.866. The number of rotatable bonds is 4. The maximum absolute atomic E-state index is 10.7. The van der Waals surface area contributed by atoms with Crippen molar-refractivity contribution in [2.45, 2.75) is 12.5 Å². The van der Waals surface area contributed by atoms with Crippen LogP contribution in [-0.2, 0) is 11.2 Å². The third-order valence-electron chi connectivity index (χ3n) is 1.88. The van der Waals surface area contributed by atoms with Crippen molar-refractivity contribution in [3.63, 3.8) is 0 Å². The first-order valence-corrected chi connectivity index (χ1v) is 4.68. The molecule has 0 aliphatic rings. The summed E-state index contributed by atoms with van der Waals surface area (Å²) in [5.74, 6) is -0.715. The topological polar surface area (TPSA) is 69.6 Å². The van der Waals surface area contributed by atoms with E-state index >= 15 is 0 Å². The van der Waals surface area contributed by atoms with E-state index < -0.39 is 12.0 Å². The van der Waals surface area contributed by atoms with Gasteiger partial charge in [0, 0.05) is 0 Å². The van der Waals surface area contributed by atoms with Crippen LogP contribution in [0.1, 0.15) is 5.56 Å². The summed E-state index contributed by atoms with van der Waals surface area (Å²) in [4.78, 5) is 10.7. The van der Waals surface area contributed by atoms with E-state index in [1.54, 1.807) is 12.1 Å². The molecule has 1 aromatic rings. The van der Waals surface area contributed by atoms with Crippen molar-refractivity contribution in [1.29, 1.82) is 0 Å². The minimum absolute atomic E-state index is 0.180. The number of carbonyl (C=O) groups is 1. The molecular formula is C9H12NO3P. The van der Waals surface area contributed by atoms with Gasteiger partial charge in [0.05, 0.1) is 0 Å². The summed E-state index contributed by atoms with van der Waals surface area (Å²) in [6, 6.07) is 5.86. The predicted molar refractivity (Wildman–Crippen MR) is 56.1 cm³/mol. The largest absolute Gasteiger partial charge is 0.508 e. The molecule has 1 aromatic carbocycles. The van der Waals surface area contributed by atoms with Crippen molar-refractivity contribution in [2.24, 2.45) is 0 Å². The van der Waals surface area contributed by atoms with Crippen LogP contribution in [0.3, 0.4) is 0 Å². The molecule has 5 heteroatoms. The van der Waals surface area contributed by atoms with Crippen LogP contribution in [-0.4, -0.2) is 22.2 Å². The molecule has 0 spiro atoms. The Labute approximate surface area is 84.2 Å². The van der Waals surface area contributed by atoms with E-state index in [1.165, 1.54) is 12.1 Å². The van der Waals surface area contributed by atoms with Gasteiger partial charge in [0.15, 0.2) is 0 Å². The Hall–Kier alpha value is -1.12. The SMILES string of the molecule is O=C(O)C(Cc1ccc(O)cc1)NP. The first-order valence-electron chi connectivity index (χ1n) is 4.10. The van der Waals surface area contributed by atoms with Crippen LogP contribution >= 0.6 is 9.39 Å².